The van der Waals surface area contributed by atoms with Crippen LogP contribution in [0.2, 0.25) is 0 Å². The molecule has 51 heavy (non-hydrogen) atoms. The molecule has 0 bridgehead atoms. The molecule has 0 radical (unpaired) electrons. The normalized spacial score (nSPS) is 16.0. The van der Waals surface area contributed by atoms with Gasteiger partial charge in [0, 0.05) is 6.08 Å². The number of fused-ring (bicyclic) bond motifs is 2. The summed E-state index contributed by atoms with van der Waals surface area (Å²) >= 11 is 0. The van der Waals surface area contributed by atoms with E-state index in [1.54, 1.807) is 105 Å². The molecule has 1 atom stereocenters. The first-order valence-electron chi connectivity index (χ1n) is 16.9. The van der Waals surface area contributed by atoms with E-state index in [2.05, 4.69) is 0 Å². The minimum atomic E-state index is -3.53. The summed E-state index contributed by atoms with van der Waals surface area (Å²) in [7, 11) is -7.05. The molecule has 0 amide bonds. The Morgan fingerprint density at radius 1 is 0.667 bits per heavy atom. The molecule has 0 fully saturated rings. The Bertz CT molecular complexity index is 2070. The monoisotopic (exact) mass is 730 g/mol. The van der Waals surface area contributed by atoms with Gasteiger partial charge in [0.2, 0.25) is 19.7 Å². The van der Waals surface area contributed by atoms with E-state index in [1.807, 2.05) is 6.07 Å². The van der Waals surface area contributed by atoms with Crippen molar-refractivity contribution in [3.05, 3.63) is 125 Å². The van der Waals surface area contributed by atoms with Crippen molar-refractivity contribution in [2.24, 2.45) is 0 Å². The SMILES string of the molecule is C.CCOC(=O)/C=C1\CCCc2cc(S(=O)(=O)c3ccccc3)ccc21.CCOC(=O)CC1CCCc2cc(S(=O)(=O)c3ccccc3)ccc21. The third kappa shape index (κ3) is 9.42. The average molecular weight is 731 g/mol. The maximum Gasteiger partial charge on any atom is 0.331 e. The smallest absolute Gasteiger partial charge is 0.331 e. The number of esters is 2. The molecule has 270 valence electrons. The lowest BCUT2D eigenvalue weighted by Crippen LogP contribution is -2.16. The highest BCUT2D eigenvalue weighted by molar-refractivity contribution is 7.91. The Morgan fingerprint density at radius 3 is 1.80 bits per heavy atom. The lowest BCUT2D eigenvalue weighted by molar-refractivity contribution is -0.143. The number of aryl methyl sites for hydroxylation is 2. The minimum absolute atomic E-state index is 0. The van der Waals surface area contributed by atoms with E-state index in [9.17, 15) is 26.4 Å². The number of carbonyl (C=O) groups is 2. The van der Waals surface area contributed by atoms with Crippen LogP contribution in [-0.4, -0.2) is 42.0 Å². The van der Waals surface area contributed by atoms with E-state index in [0.717, 1.165) is 66.4 Å². The predicted molar refractivity (Wildman–Crippen MR) is 198 cm³/mol. The topological polar surface area (TPSA) is 121 Å². The van der Waals surface area contributed by atoms with Gasteiger partial charge >= 0.3 is 11.9 Å². The number of ether oxygens (including phenoxy) is 2. The molecule has 2 aliphatic rings. The Balaban J connectivity index is 0.000000224. The van der Waals surface area contributed by atoms with Gasteiger partial charge in [-0.2, -0.15) is 0 Å². The molecule has 8 nitrogen and oxygen atoms in total. The first kappa shape index (κ1) is 39.2. The maximum atomic E-state index is 12.8. The summed E-state index contributed by atoms with van der Waals surface area (Å²) in [6.45, 7) is 4.29. The molecule has 0 spiro atoms. The summed E-state index contributed by atoms with van der Waals surface area (Å²) in [4.78, 5) is 24.7. The second kappa shape index (κ2) is 17.6. The number of sulfone groups is 2. The van der Waals surface area contributed by atoms with E-state index in [4.69, 9.17) is 9.47 Å². The maximum absolute atomic E-state index is 12.8. The van der Waals surface area contributed by atoms with E-state index in [1.165, 1.54) is 6.08 Å². The summed E-state index contributed by atoms with van der Waals surface area (Å²) < 4.78 is 61.2. The van der Waals surface area contributed by atoms with Crippen molar-refractivity contribution in [3.8, 4) is 0 Å². The van der Waals surface area contributed by atoms with Gasteiger partial charge in [0.15, 0.2) is 0 Å². The van der Waals surface area contributed by atoms with Crippen LogP contribution in [0, 0.1) is 0 Å². The zero-order valence-corrected chi connectivity index (χ0v) is 30.0. The average Bonchev–Trinajstić information content (AvgIpc) is 3.12. The lowest BCUT2D eigenvalue weighted by atomic mass is 9.81. The van der Waals surface area contributed by atoms with E-state index < -0.39 is 19.7 Å². The van der Waals surface area contributed by atoms with Crippen LogP contribution in [0.5, 0.6) is 0 Å². The summed E-state index contributed by atoms with van der Waals surface area (Å²) in [6, 6.07) is 27.3. The Kier molecular flexibility index (Phi) is 13.5. The number of hydrogen-bond acceptors (Lipinski definition) is 8. The van der Waals surface area contributed by atoms with Crippen LogP contribution in [0.1, 0.15) is 81.5 Å². The van der Waals surface area contributed by atoms with Gasteiger partial charge in [0.05, 0.1) is 39.2 Å². The molecular weight excluding hydrogens is 685 g/mol. The molecule has 6 rings (SSSR count). The third-order valence-corrected chi connectivity index (χ3v) is 12.4. The van der Waals surface area contributed by atoms with Gasteiger partial charge in [-0.1, -0.05) is 56.0 Å². The van der Waals surface area contributed by atoms with Crippen LogP contribution in [-0.2, 0) is 51.6 Å². The Labute approximate surface area is 302 Å². The molecule has 0 heterocycles. The van der Waals surface area contributed by atoms with E-state index in [-0.39, 0.29) is 35.1 Å². The zero-order chi connectivity index (χ0) is 35.7. The summed E-state index contributed by atoms with van der Waals surface area (Å²) in [5, 5.41) is 0. The molecule has 0 aromatic heterocycles. The van der Waals surface area contributed by atoms with Crippen LogP contribution < -0.4 is 0 Å². The highest BCUT2D eigenvalue weighted by atomic mass is 32.2. The van der Waals surface area contributed by atoms with Gasteiger partial charge in [-0.15, -0.1) is 0 Å². The zero-order valence-electron chi connectivity index (χ0n) is 28.3. The van der Waals surface area contributed by atoms with Crippen molar-refractivity contribution in [2.45, 2.75) is 91.7 Å². The van der Waals surface area contributed by atoms with Crippen molar-refractivity contribution in [2.75, 3.05) is 13.2 Å². The molecule has 0 N–H and O–H groups in total. The highest BCUT2D eigenvalue weighted by Crippen LogP contribution is 2.37. The van der Waals surface area contributed by atoms with Crippen molar-refractivity contribution in [1.29, 1.82) is 0 Å². The van der Waals surface area contributed by atoms with Gasteiger partial charge in [-0.3, -0.25) is 4.79 Å². The number of allylic oxidation sites excluding steroid dienone is 1. The fraction of sp³-hybridized carbons (Fsp3) is 0.317. The van der Waals surface area contributed by atoms with Gasteiger partial charge in [-0.05, 0) is 135 Å². The molecule has 0 saturated heterocycles. The summed E-state index contributed by atoms with van der Waals surface area (Å²) in [6.07, 6.45) is 7.06. The fourth-order valence-electron chi connectivity index (χ4n) is 6.50. The van der Waals surface area contributed by atoms with Gasteiger partial charge in [0.25, 0.3) is 0 Å². The molecule has 0 aliphatic heterocycles. The number of hydrogen-bond donors (Lipinski definition) is 0. The number of carbonyl (C=O) groups excluding carboxylic acids is 2. The van der Waals surface area contributed by atoms with Crippen LogP contribution in [0.25, 0.3) is 5.57 Å². The summed E-state index contributed by atoms with van der Waals surface area (Å²) in [5.41, 5.74) is 4.90. The van der Waals surface area contributed by atoms with E-state index >= 15 is 0 Å². The molecule has 2 aliphatic carbocycles. The van der Waals surface area contributed by atoms with E-state index in [0.29, 0.717) is 29.4 Å². The second-order valence-corrected chi connectivity index (χ2v) is 16.1. The molecule has 10 heteroatoms. The first-order chi connectivity index (χ1) is 24.0. The van der Waals surface area contributed by atoms with Gasteiger partial charge in [0.1, 0.15) is 0 Å². The standard InChI is InChI=1S/C20H22O4S.C20H20O4S.CH4/c2*1-2-24-20(21)14-16-8-6-7-15-13-18(11-12-19(15)16)25(22,23)17-9-4-3-5-10-17;/h3-5,9-13,16H,2,6-8,14H2,1H3;3-5,9-14H,2,6-8H2,1H3;1H4/b;16-14+;. The van der Waals surface area contributed by atoms with Crippen molar-refractivity contribution >= 4 is 37.2 Å². The minimum Gasteiger partial charge on any atom is -0.466 e. The first-order valence-corrected chi connectivity index (χ1v) is 19.9. The Hall–Kier alpha value is -4.54. The predicted octanol–water partition coefficient (Wildman–Crippen LogP) is 8.33. The van der Waals surface area contributed by atoms with Gasteiger partial charge in [-0.25, -0.2) is 21.6 Å². The second-order valence-electron chi connectivity index (χ2n) is 12.2. The number of rotatable bonds is 9. The lowest BCUT2D eigenvalue weighted by Gasteiger charge is -2.25. The van der Waals surface area contributed by atoms with Crippen LogP contribution in [0.4, 0.5) is 0 Å². The van der Waals surface area contributed by atoms with Crippen LogP contribution in [0.3, 0.4) is 0 Å². The molecule has 4 aromatic carbocycles. The molecular formula is C41H46O8S2. The van der Waals surface area contributed by atoms with Crippen molar-refractivity contribution in [3.63, 3.8) is 0 Å². The highest BCUT2D eigenvalue weighted by Gasteiger charge is 2.26. The molecule has 4 aromatic rings. The van der Waals surface area contributed by atoms with Crippen molar-refractivity contribution < 1.29 is 35.9 Å². The largest absolute Gasteiger partial charge is 0.466 e. The van der Waals surface area contributed by atoms with Crippen LogP contribution in [0.15, 0.2) is 123 Å². The van der Waals surface area contributed by atoms with Crippen LogP contribution >= 0.6 is 0 Å². The third-order valence-electron chi connectivity index (χ3n) is 8.89. The summed E-state index contributed by atoms with van der Waals surface area (Å²) in [5.74, 6) is -0.441. The molecule has 1 unspecified atom stereocenters. The number of benzene rings is 4. The van der Waals surface area contributed by atoms with Crippen molar-refractivity contribution in [1.82, 2.24) is 0 Å². The van der Waals surface area contributed by atoms with Gasteiger partial charge < -0.3 is 9.47 Å². The Morgan fingerprint density at radius 2 is 1.22 bits per heavy atom. The fourth-order valence-corrected chi connectivity index (χ4v) is 9.16. The quantitative estimate of drug-likeness (QED) is 0.125. The molecule has 0 saturated carbocycles.